The molecule has 0 amide bonds. The predicted molar refractivity (Wildman–Crippen MR) is 52.3 cm³/mol. The van der Waals surface area contributed by atoms with Crippen LogP contribution in [0.25, 0.3) is 0 Å². The Balaban J connectivity index is 2.92. The van der Waals surface area contributed by atoms with E-state index in [2.05, 4.69) is 9.97 Å². The molecular weight excluding hydrogens is 196 g/mol. The van der Waals surface area contributed by atoms with Gasteiger partial charge in [0.25, 0.3) is 0 Å². The minimum atomic E-state index is -0.956. The van der Waals surface area contributed by atoms with Crippen molar-refractivity contribution in [1.29, 1.82) is 5.26 Å². The van der Waals surface area contributed by atoms with Gasteiger partial charge >= 0.3 is 5.97 Å². The number of nitrogens with zero attached hydrogens (tertiary/aromatic N) is 4. The maximum atomic E-state index is 10.5. The second kappa shape index (κ2) is 4.91. The molecule has 1 heterocycles. The number of carboxylic acid groups (broad SMARTS) is 1. The number of carbonyl (C=O) groups is 1. The fourth-order valence-corrected chi connectivity index (χ4v) is 1.05. The van der Waals surface area contributed by atoms with Crippen LogP contribution in [0.5, 0.6) is 0 Å². The maximum Gasteiger partial charge on any atom is 0.323 e. The average molecular weight is 206 g/mol. The van der Waals surface area contributed by atoms with Crippen LogP contribution in [0, 0.1) is 11.3 Å². The van der Waals surface area contributed by atoms with E-state index in [-0.39, 0.29) is 18.2 Å². The molecule has 6 nitrogen and oxygen atoms in total. The highest BCUT2D eigenvalue weighted by Gasteiger charge is 2.11. The van der Waals surface area contributed by atoms with Crippen LogP contribution in [0.2, 0.25) is 0 Å². The van der Waals surface area contributed by atoms with Crippen LogP contribution in [0.3, 0.4) is 0 Å². The molecule has 1 aromatic heterocycles. The van der Waals surface area contributed by atoms with E-state index in [1.54, 1.807) is 6.92 Å². The van der Waals surface area contributed by atoms with Gasteiger partial charge in [0.05, 0.1) is 0 Å². The third kappa shape index (κ3) is 2.91. The lowest BCUT2D eigenvalue weighted by atomic mass is 10.4. The molecule has 0 fully saturated rings. The molecule has 0 bridgehead atoms. The molecule has 0 aliphatic heterocycles. The molecule has 0 aliphatic carbocycles. The van der Waals surface area contributed by atoms with E-state index in [1.165, 1.54) is 17.2 Å². The number of anilines is 1. The molecule has 1 aromatic rings. The lowest BCUT2D eigenvalue weighted by Gasteiger charge is -2.17. The van der Waals surface area contributed by atoms with Gasteiger partial charge in [0, 0.05) is 12.7 Å². The molecule has 0 aliphatic rings. The summed E-state index contributed by atoms with van der Waals surface area (Å²) in [4.78, 5) is 19.8. The van der Waals surface area contributed by atoms with Crippen LogP contribution in [-0.4, -0.2) is 34.1 Å². The third-order valence-electron chi connectivity index (χ3n) is 1.75. The fourth-order valence-electron chi connectivity index (χ4n) is 1.05. The largest absolute Gasteiger partial charge is 0.480 e. The molecule has 0 saturated heterocycles. The number of aliphatic carboxylic acids is 1. The summed E-state index contributed by atoms with van der Waals surface area (Å²) in [6.07, 6.45) is 1.44. The first-order valence-corrected chi connectivity index (χ1v) is 4.37. The number of rotatable bonds is 4. The maximum absolute atomic E-state index is 10.5. The van der Waals surface area contributed by atoms with E-state index in [4.69, 9.17) is 10.4 Å². The van der Waals surface area contributed by atoms with Crippen LogP contribution in [-0.2, 0) is 4.79 Å². The minimum absolute atomic E-state index is 0.175. The fraction of sp³-hybridized carbons (Fsp3) is 0.333. The van der Waals surface area contributed by atoms with Crippen LogP contribution < -0.4 is 4.90 Å². The summed E-state index contributed by atoms with van der Waals surface area (Å²) < 4.78 is 0. The molecule has 0 spiro atoms. The van der Waals surface area contributed by atoms with Crippen molar-refractivity contribution in [3.05, 3.63) is 18.0 Å². The van der Waals surface area contributed by atoms with Gasteiger partial charge < -0.3 is 10.0 Å². The van der Waals surface area contributed by atoms with Gasteiger partial charge in [-0.15, -0.1) is 0 Å². The topological polar surface area (TPSA) is 90.1 Å². The van der Waals surface area contributed by atoms with Gasteiger partial charge in [-0.05, 0) is 13.0 Å². The highest BCUT2D eigenvalue weighted by atomic mass is 16.4. The summed E-state index contributed by atoms with van der Waals surface area (Å²) in [6, 6.07) is 3.34. The summed E-state index contributed by atoms with van der Waals surface area (Å²) in [7, 11) is 0. The number of hydrogen-bond acceptors (Lipinski definition) is 5. The molecule has 0 unspecified atom stereocenters. The van der Waals surface area contributed by atoms with Crippen molar-refractivity contribution in [1.82, 2.24) is 9.97 Å². The third-order valence-corrected chi connectivity index (χ3v) is 1.75. The molecule has 6 heteroatoms. The van der Waals surface area contributed by atoms with Gasteiger partial charge in [-0.25, -0.2) is 9.97 Å². The molecule has 0 saturated carbocycles. The Hall–Kier alpha value is -2.16. The molecule has 0 aromatic carbocycles. The Bertz CT molecular complexity index is 399. The predicted octanol–water partition coefficient (Wildman–Crippen LogP) is 0.259. The van der Waals surface area contributed by atoms with Gasteiger partial charge in [-0.3, -0.25) is 4.79 Å². The first-order chi connectivity index (χ1) is 7.17. The summed E-state index contributed by atoms with van der Waals surface area (Å²) in [5, 5.41) is 17.3. The number of likely N-dealkylation sites (N-methyl/N-ethyl adjacent to an activating group) is 1. The molecule has 1 N–H and O–H groups in total. The summed E-state index contributed by atoms with van der Waals surface area (Å²) in [6.45, 7) is 2.10. The van der Waals surface area contributed by atoms with E-state index >= 15 is 0 Å². The minimum Gasteiger partial charge on any atom is -0.480 e. The standard InChI is InChI=1S/C9H10N4O2/c1-2-13(6-8(14)15)9-11-4-3-7(5-10)12-9/h3-4H,2,6H2,1H3,(H,14,15). The van der Waals surface area contributed by atoms with Crippen LogP contribution >= 0.6 is 0 Å². The Morgan fingerprint density at radius 3 is 3.00 bits per heavy atom. The normalized spacial score (nSPS) is 9.33. The van der Waals surface area contributed by atoms with Crippen molar-refractivity contribution in [2.75, 3.05) is 18.0 Å². The average Bonchev–Trinajstić information content (AvgIpc) is 2.25. The van der Waals surface area contributed by atoms with Crippen molar-refractivity contribution in [2.24, 2.45) is 0 Å². The lowest BCUT2D eigenvalue weighted by Crippen LogP contribution is -2.30. The highest BCUT2D eigenvalue weighted by molar-refractivity contribution is 5.72. The first-order valence-electron chi connectivity index (χ1n) is 4.37. The van der Waals surface area contributed by atoms with E-state index in [0.29, 0.717) is 6.54 Å². The van der Waals surface area contributed by atoms with E-state index < -0.39 is 5.97 Å². The number of aromatic nitrogens is 2. The molecule has 1 rings (SSSR count). The van der Waals surface area contributed by atoms with Gasteiger partial charge in [0.2, 0.25) is 5.95 Å². The smallest absolute Gasteiger partial charge is 0.323 e. The van der Waals surface area contributed by atoms with Crippen molar-refractivity contribution in [3.8, 4) is 6.07 Å². The summed E-state index contributed by atoms with van der Waals surface area (Å²) in [5.74, 6) is -0.693. The Labute approximate surface area is 86.8 Å². The van der Waals surface area contributed by atoms with E-state index in [0.717, 1.165) is 0 Å². The number of nitriles is 1. The van der Waals surface area contributed by atoms with E-state index in [9.17, 15) is 4.79 Å². The SMILES string of the molecule is CCN(CC(=O)O)c1nccc(C#N)n1. The molecule has 15 heavy (non-hydrogen) atoms. The van der Waals surface area contributed by atoms with E-state index in [1.807, 2.05) is 6.07 Å². The molecule has 0 atom stereocenters. The zero-order valence-electron chi connectivity index (χ0n) is 8.21. The van der Waals surface area contributed by atoms with Crippen LogP contribution in [0.1, 0.15) is 12.6 Å². The summed E-state index contributed by atoms with van der Waals surface area (Å²) >= 11 is 0. The molecule has 0 radical (unpaired) electrons. The lowest BCUT2D eigenvalue weighted by molar-refractivity contribution is -0.135. The Morgan fingerprint density at radius 1 is 1.73 bits per heavy atom. The number of carboxylic acids is 1. The van der Waals surface area contributed by atoms with Gasteiger partial charge in [-0.2, -0.15) is 5.26 Å². The van der Waals surface area contributed by atoms with Crippen molar-refractivity contribution < 1.29 is 9.90 Å². The highest BCUT2D eigenvalue weighted by Crippen LogP contribution is 2.06. The summed E-state index contributed by atoms with van der Waals surface area (Å²) in [5.41, 5.74) is 0.226. The Kier molecular flexibility index (Phi) is 3.57. The van der Waals surface area contributed by atoms with Crippen LogP contribution in [0.4, 0.5) is 5.95 Å². The monoisotopic (exact) mass is 206 g/mol. The molecular formula is C9H10N4O2. The zero-order chi connectivity index (χ0) is 11.3. The second-order valence-electron chi connectivity index (χ2n) is 2.76. The van der Waals surface area contributed by atoms with Crippen LogP contribution in [0.15, 0.2) is 12.3 Å². The second-order valence-corrected chi connectivity index (χ2v) is 2.76. The Morgan fingerprint density at radius 2 is 2.47 bits per heavy atom. The van der Waals surface area contributed by atoms with Crippen molar-refractivity contribution >= 4 is 11.9 Å². The van der Waals surface area contributed by atoms with Gasteiger partial charge in [0.15, 0.2) is 0 Å². The van der Waals surface area contributed by atoms with Crippen molar-refractivity contribution in [2.45, 2.75) is 6.92 Å². The van der Waals surface area contributed by atoms with Gasteiger partial charge in [-0.1, -0.05) is 0 Å². The first kappa shape index (κ1) is 10.9. The number of hydrogen-bond donors (Lipinski definition) is 1. The van der Waals surface area contributed by atoms with Crippen molar-refractivity contribution in [3.63, 3.8) is 0 Å². The molecule has 78 valence electrons. The zero-order valence-corrected chi connectivity index (χ0v) is 8.21. The quantitative estimate of drug-likeness (QED) is 0.759. The van der Waals surface area contributed by atoms with Gasteiger partial charge in [0.1, 0.15) is 18.3 Å².